The van der Waals surface area contributed by atoms with Crippen LogP contribution in [0.2, 0.25) is 0 Å². The molecule has 0 unspecified atom stereocenters. The fourth-order valence-corrected chi connectivity index (χ4v) is 1.43. The summed E-state index contributed by atoms with van der Waals surface area (Å²) in [6.45, 7) is 8.16. The minimum absolute atomic E-state index is 0.140. The molecule has 0 atom stereocenters. The van der Waals surface area contributed by atoms with Gasteiger partial charge < -0.3 is 10.8 Å². The molecule has 0 bridgehead atoms. The Morgan fingerprint density at radius 2 is 1.67 bits per heavy atom. The van der Waals surface area contributed by atoms with Crippen molar-refractivity contribution in [3.8, 4) is 0 Å². The van der Waals surface area contributed by atoms with Gasteiger partial charge in [0.05, 0.1) is 6.61 Å². The van der Waals surface area contributed by atoms with E-state index in [1.807, 2.05) is 45.9 Å². The summed E-state index contributed by atoms with van der Waals surface area (Å²) in [7, 11) is 0. The summed E-state index contributed by atoms with van der Waals surface area (Å²) in [5, 5.41) is 9.31. The Morgan fingerprint density at radius 3 is 2.13 bits per heavy atom. The SMILES string of the molecule is CC(C)(N)c1cccc(C(C)(C)CO)c1. The summed E-state index contributed by atoms with van der Waals surface area (Å²) in [5.41, 5.74) is 7.73. The maximum absolute atomic E-state index is 9.31. The van der Waals surface area contributed by atoms with E-state index in [0.29, 0.717) is 0 Å². The molecule has 0 radical (unpaired) electrons. The smallest absolute Gasteiger partial charge is 0.0522 e. The number of benzene rings is 1. The van der Waals surface area contributed by atoms with Crippen LogP contribution >= 0.6 is 0 Å². The average molecular weight is 207 g/mol. The molecule has 0 saturated carbocycles. The van der Waals surface area contributed by atoms with E-state index < -0.39 is 0 Å². The predicted octanol–water partition coefficient (Wildman–Crippen LogP) is 2.15. The first-order chi connectivity index (χ1) is 6.77. The second-order valence-electron chi connectivity index (χ2n) is 5.34. The van der Waals surface area contributed by atoms with E-state index in [9.17, 15) is 5.11 Å². The molecule has 15 heavy (non-hydrogen) atoms. The molecule has 0 aliphatic heterocycles. The third kappa shape index (κ3) is 2.80. The van der Waals surface area contributed by atoms with Crippen molar-refractivity contribution in [3.63, 3.8) is 0 Å². The van der Waals surface area contributed by atoms with Gasteiger partial charge >= 0.3 is 0 Å². The van der Waals surface area contributed by atoms with Crippen LogP contribution in [0.15, 0.2) is 24.3 Å². The van der Waals surface area contributed by atoms with Crippen molar-refractivity contribution in [2.45, 2.75) is 38.6 Å². The average Bonchev–Trinajstić information content (AvgIpc) is 2.17. The van der Waals surface area contributed by atoms with Crippen molar-refractivity contribution in [2.24, 2.45) is 5.73 Å². The van der Waals surface area contributed by atoms with E-state index >= 15 is 0 Å². The molecule has 2 nitrogen and oxygen atoms in total. The third-order valence-electron chi connectivity index (χ3n) is 2.78. The van der Waals surface area contributed by atoms with E-state index in [1.165, 1.54) is 0 Å². The molecule has 1 rings (SSSR count). The highest BCUT2D eigenvalue weighted by atomic mass is 16.3. The van der Waals surface area contributed by atoms with Crippen LogP contribution in [0.3, 0.4) is 0 Å². The highest BCUT2D eigenvalue weighted by Gasteiger charge is 2.21. The van der Waals surface area contributed by atoms with Crippen molar-refractivity contribution < 1.29 is 5.11 Å². The third-order valence-corrected chi connectivity index (χ3v) is 2.78. The van der Waals surface area contributed by atoms with Crippen LogP contribution in [0.4, 0.5) is 0 Å². The van der Waals surface area contributed by atoms with Gasteiger partial charge in [0.15, 0.2) is 0 Å². The maximum atomic E-state index is 9.31. The highest BCUT2D eigenvalue weighted by molar-refractivity contribution is 5.32. The number of aliphatic hydroxyl groups is 1. The van der Waals surface area contributed by atoms with Gasteiger partial charge in [0.25, 0.3) is 0 Å². The molecule has 84 valence electrons. The summed E-state index contributed by atoms with van der Waals surface area (Å²) in [4.78, 5) is 0. The normalized spacial score (nSPS) is 12.9. The van der Waals surface area contributed by atoms with Crippen molar-refractivity contribution in [1.29, 1.82) is 0 Å². The van der Waals surface area contributed by atoms with Gasteiger partial charge in [-0.15, -0.1) is 0 Å². The second-order valence-corrected chi connectivity index (χ2v) is 5.34. The van der Waals surface area contributed by atoms with E-state index in [1.54, 1.807) is 0 Å². The molecule has 0 aliphatic rings. The summed E-state index contributed by atoms with van der Waals surface area (Å²) in [6.07, 6.45) is 0. The number of aliphatic hydroxyl groups excluding tert-OH is 1. The van der Waals surface area contributed by atoms with Crippen LogP contribution in [0, 0.1) is 0 Å². The Labute approximate surface area is 92.1 Å². The van der Waals surface area contributed by atoms with Gasteiger partial charge in [-0.2, -0.15) is 0 Å². The Bertz CT molecular complexity index is 337. The molecule has 0 amide bonds. The Kier molecular flexibility index (Phi) is 3.22. The molecule has 0 aromatic heterocycles. The molecule has 2 heteroatoms. The summed E-state index contributed by atoms with van der Waals surface area (Å²) < 4.78 is 0. The Morgan fingerprint density at radius 1 is 1.13 bits per heavy atom. The number of hydrogen-bond donors (Lipinski definition) is 2. The van der Waals surface area contributed by atoms with Crippen LogP contribution < -0.4 is 5.73 Å². The number of nitrogens with two attached hydrogens (primary N) is 1. The van der Waals surface area contributed by atoms with E-state index in [-0.39, 0.29) is 17.6 Å². The first kappa shape index (κ1) is 12.2. The second kappa shape index (κ2) is 3.95. The molecule has 1 aromatic rings. The monoisotopic (exact) mass is 207 g/mol. The van der Waals surface area contributed by atoms with Gasteiger partial charge in [-0.25, -0.2) is 0 Å². The van der Waals surface area contributed by atoms with E-state index in [2.05, 4.69) is 6.07 Å². The van der Waals surface area contributed by atoms with Gasteiger partial charge in [-0.1, -0.05) is 38.1 Å². The van der Waals surface area contributed by atoms with Crippen molar-refractivity contribution in [3.05, 3.63) is 35.4 Å². The molecular weight excluding hydrogens is 186 g/mol. The first-order valence-corrected chi connectivity index (χ1v) is 5.28. The van der Waals surface area contributed by atoms with Gasteiger partial charge in [0.1, 0.15) is 0 Å². The van der Waals surface area contributed by atoms with Crippen LogP contribution in [0.1, 0.15) is 38.8 Å². The molecule has 0 heterocycles. The van der Waals surface area contributed by atoms with Gasteiger partial charge in [0.2, 0.25) is 0 Å². The number of rotatable bonds is 3. The lowest BCUT2D eigenvalue weighted by Gasteiger charge is -2.26. The standard InChI is InChI=1S/C13H21NO/c1-12(2,9-15)10-6-5-7-11(8-10)13(3,4)14/h5-8,15H,9,14H2,1-4H3. The minimum atomic E-state index is -0.332. The first-order valence-electron chi connectivity index (χ1n) is 5.28. The van der Waals surface area contributed by atoms with Crippen LogP contribution in [0.5, 0.6) is 0 Å². The highest BCUT2D eigenvalue weighted by Crippen LogP contribution is 2.26. The molecule has 0 spiro atoms. The Balaban J connectivity index is 3.14. The van der Waals surface area contributed by atoms with Crippen molar-refractivity contribution >= 4 is 0 Å². The molecule has 3 N–H and O–H groups in total. The quantitative estimate of drug-likeness (QED) is 0.797. The van der Waals surface area contributed by atoms with Crippen molar-refractivity contribution in [2.75, 3.05) is 6.61 Å². The summed E-state index contributed by atoms with van der Waals surface area (Å²) in [6, 6.07) is 8.13. The lowest BCUT2D eigenvalue weighted by atomic mass is 9.82. The van der Waals surface area contributed by atoms with Crippen LogP contribution in [0.25, 0.3) is 0 Å². The van der Waals surface area contributed by atoms with Gasteiger partial charge in [0, 0.05) is 11.0 Å². The van der Waals surface area contributed by atoms with Gasteiger partial charge in [-0.3, -0.25) is 0 Å². The van der Waals surface area contributed by atoms with Crippen LogP contribution in [-0.2, 0) is 11.0 Å². The molecule has 1 aromatic carbocycles. The van der Waals surface area contributed by atoms with Crippen molar-refractivity contribution in [1.82, 2.24) is 0 Å². The summed E-state index contributed by atoms with van der Waals surface area (Å²) in [5.74, 6) is 0. The Hall–Kier alpha value is -0.860. The topological polar surface area (TPSA) is 46.2 Å². The number of hydrogen-bond acceptors (Lipinski definition) is 2. The van der Waals surface area contributed by atoms with Gasteiger partial charge in [-0.05, 0) is 25.0 Å². The minimum Gasteiger partial charge on any atom is -0.395 e. The molecular formula is C13H21NO. The zero-order chi connectivity index (χ0) is 11.7. The zero-order valence-corrected chi connectivity index (χ0v) is 10.0. The fraction of sp³-hybridized carbons (Fsp3) is 0.538. The lowest BCUT2D eigenvalue weighted by molar-refractivity contribution is 0.218. The zero-order valence-electron chi connectivity index (χ0n) is 10.0. The largest absolute Gasteiger partial charge is 0.395 e. The fourth-order valence-electron chi connectivity index (χ4n) is 1.43. The van der Waals surface area contributed by atoms with E-state index in [4.69, 9.17) is 5.73 Å². The van der Waals surface area contributed by atoms with E-state index in [0.717, 1.165) is 11.1 Å². The molecule has 0 saturated heterocycles. The summed E-state index contributed by atoms with van der Waals surface area (Å²) >= 11 is 0. The maximum Gasteiger partial charge on any atom is 0.0522 e. The molecule has 0 aliphatic carbocycles. The lowest BCUT2D eigenvalue weighted by Crippen LogP contribution is -2.30. The molecule has 0 fully saturated rings. The predicted molar refractivity (Wildman–Crippen MR) is 63.8 cm³/mol. The van der Waals surface area contributed by atoms with Crippen LogP contribution in [-0.4, -0.2) is 11.7 Å².